The molecule has 118 valence electrons. The molecular formula is C17H13BrO5. The van der Waals surface area contributed by atoms with Crippen LogP contribution in [0.15, 0.2) is 48.6 Å². The van der Waals surface area contributed by atoms with Crippen molar-refractivity contribution in [2.45, 2.75) is 20.5 Å². The van der Waals surface area contributed by atoms with Gasteiger partial charge in [-0.05, 0) is 53.0 Å². The van der Waals surface area contributed by atoms with Crippen molar-refractivity contribution in [1.82, 2.24) is 0 Å². The first-order valence-corrected chi connectivity index (χ1v) is 7.70. The molecule has 0 aliphatic rings. The molecule has 0 atom stereocenters. The third-order valence-corrected chi connectivity index (χ3v) is 4.08. The smallest absolute Gasteiger partial charge is 0.374 e. The molecule has 3 rings (SSSR count). The van der Waals surface area contributed by atoms with Crippen LogP contribution in [0.5, 0.6) is 0 Å². The Morgan fingerprint density at radius 3 is 2.65 bits per heavy atom. The summed E-state index contributed by atoms with van der Waals surface area (Å²) in [6, 6.07) is 8.25. The number of hydrogen-bond acceptors (Lipinski definition) is 5. The third kappa shape index (κ3) is 3.07. The molecule has 0 saturated carbocycles. The predicted octanol–water partition coefficient (Wildman–Crippen LogP) is 4.12. The predicted molar refractivity (Wildman–Crippen MR) is 87.5 cm³/mol. The van der Waals surface area contributed by atoms with Crippen LogP contribution in [-0.2, 0) is 11.3 Å². The fourth-order valence-corrected chi connectivity index (χ4v) is 2.59. The minimum atomic E-state index is -0.596. The van der Waals surface area contributed by atoms with Crippen LogP contribution in [0.25, 0.3) is 11.0 Å². The van der Waals surface area contributed by atoms with E-state index in [2.05, 4.69) is 15.9 Å². The zero-order chi connectivity index (χ0) is 16.6. The monoisotopic (exact) mass is 376 g/mol. The number of ether oxygens (including phenoxy) is 1. The van der Waals surface area contributed by atoms with Crippen LogP contribution < -0.4 is 5.63 Å². The summed E-state index contributed by atoms with van der Waals surface area (Å²) >= 11 is 3.13. The lowest BCUT2D eigenvalue weighted by Crippen LogP contribution is -2.07. The lowest BCUT2D eigenvalue weighted by molar-refractivity contribution is 0.0436. The Kier molecular flexibility index (Phi) is 4.09. The molecule has 0 radical (unpaired) electrons. The van der Waals surface area contributed by atoms with Gasteiger partial charge in [0, 0.05) is 17.0 Å². The maximum Gasteiger partial charge on any atom is 0.374 e. The van der Waals surface area contributed by atoms with E-state index in [9.17, 15) is 9.59 Å². The van der Waals surface area contributed by atoms with Crippen molar-refractivity contribution >= 4 is 32.9 Å². The lowest BCUT2D eigenvalue weighted by Gasteiger charge is -2.09. The largest absolute Gasteiger partial charge is 0.455 e. The van der Waals surface area contributed by atoms with Gasteiger partial charge in [-0.3, -0.25) is 0 Å². The maximum absolute atomic E-state index is 11.9. The second kappa shape index (κ2) is 6.04. The highest BCUT2D eigenvalue weighted by Gasteiger charge is 2.15. The summed E-state index contributed by atoms with van der Waals surface area (Å²) in [5, 5.41) is 0.751. The van der Waals surface area contributed by atoms with Crippen LogP contribution in [-0.4, -0.2) is 5.97 Å². The van der Waals surface area contributed by atoms with Gasteiger partial charge in [0.2, 0.25) is 5.76 Å². The van der Waals surface area contributed by atoms with Crippen LogP contribution in [0, 0.1) is 13.8 Å². The molecule has 3 aromatic rings. The molecule has 0 saturated heterocycles. The molecule has 0 unspecified atom stereocenters. The van der Waals surface area contributed by atoms with E-state index >= 15 is 0 Å². The highest BCUT2D eigenvalue weighted by atomic mass is 79.9. The van der Waals surface area contributed by atoms with E-state index in [-0.39, 0.29) is 12.4 Å². The Balaban J connectivity index is 1.92. The maximum atomic E-state index is 11.9. The quantitative estimate of drug-likeness (QED) is 0.507. The number of benzene rings is 1. The summed E-state index contributed by atoms with van der Waals surface area (Å²) in [4.78, 5) is 23.7. The second-order valence-corrected chi connectivity index (χ2v) is 5.94. The van der Waals surface area contributed by atoms with Gasteiger partial charge in [0.15, 0.2) is 4.67 Å². The van der Waals surface area contributed by atoms with Crippen molar-refractivity contribution in [2.75, 3.05) is 0 Å². The van der Waals surface area contributed by atoms with Gasteiger partial charge < -0.3 is 13.6 Å². The molecule has 0 N–H and O–H groups in total. The van der Waals surface area contributed by atoms with E-state index in [1.54, 1.807) is 6.07 Å². The average Bonchev–Trinajstić information content (AvgIpc) is 2.95. The Hall–Kier alpha value is -2.34. The Bertz CT molecular complexity index is 951. The molecule has 2 aromatic heterocycles. The van der Waals surface area contributed by atoms with E-state index in [0.717, 1.165) is 16.5 Å². The average molecular weight is 377 g/mol. The van der Waals surface area contributed by atoms with Gasteiger partial charge >= 0.3 is 11.6 Å². The summed E-state index contributed by atoms with van der Waals surface area (Å²) in [5.41, 5.74) is 2.55. The minimum Gasteiger partial charge on any atom is -0.455 e. The molecule has 0 bridgehead atoms. The van der Waals surface area contributed by atoms with Crippen molar-refractivity contribution in [3.63, 3.8) is 0 Å². The third-order valence-electron chi connectivity index (χ3n) is 3.65. The fourth-order valence-electron chi connectivity index (χ4n) is 2.28. The standard InChI is InChI=1S/C17H13BrO5/c1-9-3-4-12-11(7-15(19)23-16(12)10(9)2)8-21-17(20)13-5-6-14(18)22-13/h3-7H,8H2,1-2H3. The van der Waals surface area contributed by atoms with Gasteiger partial charge in [0.1, 0.15) is 12.2 Å². The molecule has 0 fully saturated rings. The number of aryl methyl sites for hydroxylation is 2. The van der Waals surface area contributed by atoms with Gasteiger partial charge in [0.05, 0.1) is 0 Å². The summed E-state index contributed by atoms with van der Waals surface area (Å²) < 4.78 is 16.1. The zero-order valence-electron chi connectivity index (χ0n) is 12.5. The summed E-state index contributed by atoms with van der Waals surface area (Å²) in [6.07, 6.45) is 0. The molecule has 1 aromatic carbocycles. The first kappa shape index (κ1) is 15.6. The molecule has 6 heteroatoms. The first-order valence-electron chi connectivity index (χ1n) is 6.91. The van der Waals surface area contributed by atoms with Crippen molar-refractivity contribution in [3.8, 4) is 0 Å². The number of furan rings is 1. The fraction of sp³-hybridized carbons (Fsp3) is 0.176. The summed E-state index contributed by atoms with van der Waals surface area (Å²) in [6.45, 7) is 3.79. The van der Waals surface area contributed by atoms with Gasteiger partial charge in [-0.25, -0.2) is 9.59 Å². The van der Waals surface area contributed by atoms with Crippen LogP contribution in [0.1, 0.15) is 27.2 Å². The highest BCUT2D eigenvalue weighted by molar-refractivity contribution is 9.10. The molecule has 0 aliphatic heterocycles. The minimum absolute atomic E-state index is 0.0399. The Morgan fingerprint density at radius 1 is 1.17 bits per heavy atom. The van der Waals surface area contributed by atoms with Crippen molar-refractivity contribution < 1.29 is 18.4 Å². The van der Waals surface area contributed by atoms with Crippen LogP contribution in [0.2, 0.25) is 0 Å². The SMILES string of the molecule is Cc1ccc2c(COC(=O)c3ccc(Br)o3)cc(=O)oc2c1C. The van der Waals surface area contributed by atoms with Crippen molar-refractivity contribution in [1.29, 1.82) is 0 Å². The second-order valence-electron chi connectivity index (χ2n) is 5.15. The number of carbonyl (C=O) groups is 1. The van der Waals surface area contributed by atoms with Crippen LogP contribution in [0.4, 0.5) is 0 Å². The molecular weight excluding hydrogens is 364 g/mol. The highest BCUT2D eigenvalue weighted by Crippen LogP contribution is 2.24. The van der Waals surface area contributed by atoms with Crippen molar-refractivity contribution in [2.24, 2.45) is 0 Å². The zero-order valence-corrected chi connectivity index (χ0v) is 14.1. The number of halogens is 1. The first-order chi connectivity index (χ1) is 11.0. The summed E-state index contributed by atoms with van der Waals surface area (Å²) in [7, 11) is 0. The van der Waals surface area contributed by atoms with E-state index in [0.29, 0.717) is 15.8 Å². The normalized spacial score (nSPS) is 10.9. The molecule has 0 spiro atoms. The van der Waals surface area contributed by atoms with Gasteiger partial charge in [-0.2, -0.15) is 0 Å². The molecule has 0 aliphatic carbocycles. The number of hydrogen-bond donors (Lipinski definition) is 0. The van der Waals surface area contributed by atoms with E-state index in [1.165, 1.54) is 12.1 Å². The van der Waals surface area contributed by atoms with E-state index < -0.39 is 11.6 Å². The number of esters is 1. The Labute approximate surface area is 140 Å². The van der Waals surface area contributed by atoms with E-state index in [1.807, 2.05) is 26.0 Å². The Morgan fingerprint density at radius 2 is 1.96 bits per heavy atom. The van der Waals surface area contributed by atoms with Crippen molar-refractivity contribution in [3.05, 3.63) is 67.9 Å². The molecule has 23 heavy (non-hydrogen) atoms. The molecule has 5 nitrogen and oxygen atoms in total. The van der Waals surface area contributed by atoms with Gasteiger partial charge in [-0.1, -0.05) is 12.1 Å². The number of rotatable bonds is 3. The van der Waals surface area contributed by atoms with E-state index in [4.69, 9.17) is 13.6 Å². The number of fused-ring (bicyclic) bond motifs is 1. The molecule has 0 amide bonds. The molecule has 2 heterocycles. The summed E-state index contributed by atoms with van der Waals surface area (Å²) in [5.74, 6) is -0.503. The van der Waals surface area contributed by atoms with Crippen LogP contribution >= 0.6 is 15.9 Å². The number of carbonyl (C=O) groups excluding carboxylic acids is 1. The van der Waals surface area contributed by atoms with Gasteiger partial charge in [0.25, 0.3) is 0 Å². The topological polar surface area (TPSA) is 69.7 Å². The van der Waals surface area contributed by atoms with Crippen LogP contribution in [0.3, 0.4) is 0 Å². The van der Waals surface area contributed by atoms with Gasteiger partial charge in [-0.15, -0.1) is 0 Å². The lowest BCUT2D eigenvalue weighted by atomic mass is 10.0.